The van der Waals surface area contributed by atoms with Crippen molar-refractivity contribution in [3.8, 4) is 5.75 Å². The third-order valence-electron chi connectivity index (χ3n) is 5.33. The number of benzene rings is 1. The molecule has 0 atom stereocenters. The van der Waals surface area contributed by atoms with Crippen LogP contribution >= 0.6 is 11.3 Å². The number of ether oxygens (including phenoxy) is 1. The average Bonchev–Trinajstić information content (AvgIpc) is 3.29. The van der Waals surface area contributed by atoms with Gasteiger partial charge in [-0.1, -0.05) is 18.2 Å². The van der Waals surface area contributed by atoms with Crippen molar-refractivity contribution in [2.24, 2.45) is 0 Å². The van der Waals surface area contributed by atoms with Crippen LogP contribution in [0.2, 0.25) is 0 Å². The second-order valence-corrected chi connectivity index (χ2v) is 7.70. The number of carbonyl (C=O) groups excluding carboxylic acids is 1. The van der Waals surface area contributed by atoms with Gasteiger partial charge in [0.1, 0.15) is 5.75 Å². The van der Waals surface area contributed by atoms with Crippen LogP contribution in [0.3, 0.4) is 0 Å². The summed E-state index contributed by atoms with van der Waals surface area (Å²) in [5, 5.41) is 6.39. The highest BCUT2D eigenvalue weighted by molar-refractivity contribution is 7.13. The van der Waals surface area contributed by atoms with E-state index in [0.29, 0.717) is 0 Å². The van der Waals surface area contributed by atoms with Crippen molar-refractivity contribution in [2.75, 3.05) is 25.1 Å². The largest absolute Gasteiger partial charge is 0.496 e. The Morgan fingerprint density at radius 3 is 2.72 bits per heavy atom. The Morgan fingerprint density at radius 2 is 2.08 bits per heavy atom. The van der Waals surface area contributed by atoms with Crippen LogP contribution in [0.5, 0.6) is 5.75 Å². The molecule has 2 heterocycles. The number of hydrogen-bond donors (Lipinski definition) is 1. The quantitative estimate of drug-likeness (QED) is 0.894. The predicted octanol–water partition coefficient (Wildman–Crippen LogP) is 2.97. The van der Waals surface area contributed by atoms with E-state index in [0.717, 1.165) is 55.2 Å². The molecule has 1 aromatic carbocycles. The molecule has 1 N–H and O–H groups in total. The van der Waals surface area contributed by atoms with Gasteiger partial charge in [0.25, 0.3) is 0 Å². The molecule has 1 amide bonds. The molecule has 2 fully saturated rings. The van der Waals surface area contributed by atoms with Gasteiger partial charge in [0, 0.05) is 36.3 Å². The Bertz CT molecular complexity index is 735. The fourth-order valence-corrected chi connectivity index (χ4v) is 4.39. The molecule has 1 aromatic heterocycles. The van der Waals surface area contributed by atoms with E-state index in [2.05, 4.69) is 15.2 Å². The van der Waals surface area contributed by atoms with E-state index in [1.54, 1.807) is 18.4 Å². The molecule has 0 bridgehead atoms. The van der Waals surface area contributed by atoms with E-state index in [4.69, 9.17) is 4.74 Å². The summed E-state index contributed by atoms with van der Waals surface area (Å²) < 4.78 is 5.47. The van der Waals surface area contributed by atoms with Gasteiger partial charge in [-0.25, -0.2) is 4.98 Å². The van der Waals surface area contributed by atoms with Crippen LogP contribution in [0.15, 0.2) is 35.8 Å². The van der Waals surface area contributed by atoms with E-state index < -0.39 is 0 Å². The molecule has 0 spiro atoms. The lowest BCUT2D eigenvalue weighted by molar-refractivity contribution is -0.124. The number of nitrogens with zero attached hydrogens (tertiary/aromatic N) is 2. The van der Waals surface area contributed by atoms with E-state index in [1.165, 1.54) is 0 Å². The number of thiazole rings is 1. The predicted molar refractivity (Wildman–Crippen MR) is 99.4 cm³/mol. The normalized spacial score (nSPS) is 19.5. The highest BCUT2D eigenvalue weighted by Crippen LogP contribution is 2.51. The molecule has 132 valence electrons. The maximum absolute atomic E-state index is 13.0. The Labute approximate surface area is 152 Å². The monoisotopic (exact) mass is 357 g/mol. The summed E-state index contributed by atoms with van der Waals surface area (Å²) in [5.74, 6) is 0.971. The van der Waals surface area contributed by atoms with Gasteiger partial charge < -0.3 is 15.0 Å². The lowest BCUT2D eigenvalue weighted by Gasteiger charge is -2.33. The number of anilines is 1. The molecule has 0 radical (unpaired) electrons. The zero-order chi connectivity index (χ0) is 17.3. The van der Waals surface area contributed by atoms with Crippen LogP contribution in [-0.2, 0) is 10.2 Å². The summed E-state index contributed by atoms with van der Waals surface area (Å²) >= 11 is 1.67. The van der Waals surface area contributed by atoms with E-state index in [-0.39, 0.29) is 17.4 Å². The Kier molecular flexibility index (Phi) is 4.37. The number of para-hydroxylation sites is 1. The molecule has 2 aromatic rings. The van der Waals surface area contributed by atoms with Crippen LogP contribution < -0.4 is 15.0 Å². The van der Waals surface area contributed by atoms with Crippen molar-refractivity contribution in [2.45, 2.75) is 37.1 Å². The minimum Gasteiger partial charge on any atom is -0.496 e. The summed E-state index contributed by atoms with van der Waals surface area (Å²) in [7, 11) is 1.67. The zero-order valence-corrected chi connectivity index (χ0v) is 15.2. The standard InChI is InChI=1S/C19H23N3O2S/c1-24-16-5-3-2-4-15(16)19(8-9-19)17(23)21-14-6-11-22(12-7-14)18-20-10-13-25-18/h2-5,10,13-14H,6-9,11-12H2,1H3,(H,21,23). The molecule has 4 rings (SSSR count). The van der Waals surface area contributed by atoms with Crippen LogP contribution in [0, 0.1) is 0 Å². The van der Waals surface area contributed by atoms with Crippen molar-refractivity contribution < 1.29 is 9.53 Å². The summed E-state index contributed by atoms with van der Waals surface area (Å²) in [4.78, 5) is 19.7. The highest BCUT2D eigenvalue weighted by Gasteiger charge is 2.53. The third-order valence-corrected chi connectivity index (χ3v) is 6.16. The number of aromatic nitrogens is 1. The molecule has 0 unspecified atom stereocenters. The third kappa shape index (κ3) is 3.11. The molecule has 1 aliphatic carbocycles. The van der Waals surface area contributed by atoms with Crippen LogP contribution in [0.4, 0.5) is 5.13 Å². The number of piperidine rings is 1. The molecule has 1 saturated heterocycles. The molecule has 5 nitrogen and oxygen atoms in total. The Morgan fingerprint density at radius 1 is 1.32 bits per heavy atom. The van der Waals surface area contributed by atoms with Crippen molar-refractivity contribution in [1.82, 2.24) is 10.3 Å². The smallest absolute Gasteiger partial charge is 0.231 e. The maximum atomic E-state index is 13.0. The second kappa shape index (κ2) is 6.67. The number of nitrogens with one attached hydrogen (secondary N) is 1. The Balaban J connectivity index is 1.39. The van der Waals surface area contributed by atoms with Crippen LogP contribution in [0.25, 0.3) is 0 Å². The lowest BCUT2D eigenvalue weighted by atomic mass is 9.93. The van der Waals surface area contributed by atoms with Gasteiger partial charge in [-0.2, -0.15) is 0 Å². The number of rotatable bonds is 5. The van der Waals surface area contributed by atoms with Gasteiger partial charge in [-0.15, -0.1) is 11.3 Å². The van der Waals surface area contributed by atoms with Crippen molar-refractivity contribution in [1.29, 1.82) is 0 Å². The topological polar surface area (TPSA) is 54.5 Å². The minimum absolute atomic E-state index is 0.157. The van der Waals surface area contributed by atoms with Gasteiger partial charge in [0.15, 0.2) is 5.13 Å². The SMILES string of the molecule is COc1ccccc1C1(C(=O)NC2CCN(c3nccs3)CC2)CC1. The molecular formula is C19H23N3O2S. The highest BCUT2D eigenvalue weighted by atomic mass is 32.1. The maximum Gasteiger partial charge on any atom is 0.231 e. The summed E-state index contributed by atoms with van der Waals surface area (Å²) in [6.45, 7) is 1.89. The van der Waals surface area contributed by atoms with Gasteiger partial charge in [0.05, 0.1) is 12.5 Å². The summed E-state index contributed by atoms with van der Waals surface area (Å²) in [6, 6.07) is 8.14. The fourth-order valence-electron chi connectivity index (χ4n) is 3.69. The van der Waals surface area contributed by atoms with Crippen molar-refractivity contribution in [3.63, 3.8) is 0 Å². The van der Waals surface area contributed by atoms with Crippen molar-refractivity contribution in [3.05, 3.63) is 41.4 Å². The van der Waals surface area contributed by atoms with E-state index in [9.17, 15) is 4.79 Å². The first-order chi connectivity index (χ1) is 12.2. The van der Waals surface area contributed by atoms with Crippen LogP contribution in [0.1, 0.15) is 31.2 Å². The first kappa shape index (κ1) is 16.4. The number of hydrogen-bond acceptors (Lipinski definition) is 5. The van der Waals surface area contributed by atoms with Gasteiger partial charge in [0.2, 0.25) is 5.91 Å². The average molecular weight is 357 g/mol. The molecule has 1 saturated carbocycles. The molecule has 25 heavy (non-hydrogen) atoms. The first-order valence-electron chi connectivity index (χ1n) is 8.82. The molecular weight excluding hydrogens is 334 g/mol. The molecule has 2 aliphatic rings. The van der Waals surface area contributed by atoms with Gasteiger partial charge in [-0.05, 0) is 31.7 Å². The van der Waals surface area contributed by atoms with Crippen LogP contribution in [-0.4, -0.2) is 37.1 Å². The lowest BCUT2D eigenvalue weighted by Crippen LogP contribution is -2.47. The minimum atomic E-state index is -0.390. The summed E-state index contributed by atoms with van der Waals surface area (Å²) in [6.07, 6.45) is 5.58. The first-order valence-corrected chi connectivity index (χ1v) is 9.70. The zero-order valence-electron chi connectivity index (χ0n) is 14.4. The number of carbonyl (C=O) groups is 1. The van der Waals surface area contributed by atoms with Gasteiger partial charge >= 0.3 is 0 Å². The van der Waals surface area contributed by atoms with Crippen molar-refractivity contribution >= 4 is 22.4 Å². The Hall–Kier alpha value is -2.08. The number of methoxy groups -OCH3 is 1. The molecule has 6 heteroatoms. The summed E-state index contributed by atoms with van der Waals surface area (Å²) in [5.41, 5.74) is 0.634. The van der Waals surface area contributed by atoms with E-state index in [1.807, 2.05) is 35.8 Å². The molecule has 1 aliphatic heterocycles. The van der Waals surface area contributed by atoms with E-state index >= 15 is 0 Å². The second-order valence-electron chi connectivity index (χ2n) is 6.83. The van der Waals surface area contributed by atoms with Gasteiger partial charge in [-0.3, -0.25) is 4.79 Å². The number of amides is 1. The fraction of sp³-hybridized carbons (Fsp3) is 0.474.